The summed E-state index contributed by atoms with van der Waals surface area (Å²) in [5, 5.41) is 9.04. The van der Waals surface area contributed by atoms with Gasteiger partial charge in [0.1, 0.15) is 23.7 Å². The molecule has 0 unspecified atom stereocenters. The minimum atomic E-state index is -3.25. The normalized spacial score (nSPS) is 19.1. The van der Waals surface area contributed by atoms with Gasteiger partial charge in [0, 0.05) is 30.5 Å². The molecule has 0 spiro atoms. The molecule has 1 aromatic carbocycles. The van der Waals surface area contributed by atoms with Gasteiger partial charge in [-0.15, -0.1) is 0 Å². The first kappa shape index (κ1) is 23.8. The highest BCUT2D eigenvalue weighted by molar-refractivity contribution is 5.93. The number of aryl methyl sites for hydroxylation is 2. The van der Waals surface area contributed by atoms with Crippen LogP contribution in [-0.4, -0.2) is 67.0 Å². The Morgan fingerprint density at radius 3 is 2.64 bits per heavy atom. The molecule has 2 N–H and O–H groups in total. The van der Waals surface area contributed by atoms with Crippen LogP contribution in [0, 0.1) is 19.8 Å². The summed E-state index contributed by atoms with van der Waals surface area (Å²) in [7, 11) is 0. The third-order valence-electron chi connectivity index (χ3n) is 6.23. The summed E-state index contributed by atoms with van der Waals surface area (Å²) in [5.74, 6) is -2.83. The molecule has 10 nitrogen and oxygen atoms in total. The van der Waals surface area contributed by atoms with Crippen LogP contribution in [0.5, 0.6) is 5.75 Å². The molecule has 3 heterocycles. The number of rotatable bonds is 6. The zero-order valence-corrected chi connectivity index (χ0v) is 19.8. The molecule has 2 aromatic heterocycles. The lowest BCUT2D eigenvalue weighted by Gasteiger charge is -2.38. The minimum Gasteiger partial charge on any atom is -0.484 e. The van der Waals surface area contributed by atoms with Crippen molar-refractivity contribution in [3.05, 3.63) is 47.8 Å². The van der Waals surface area contributed by atoms with E-state index in [1.165, 1.54) is 6.33 Å². The topological polar surface area (TPSA) is 126 Å². The van der Waals surface area contributed by atoms with Crippen LogP contribution >= 0.6 is 0 Å². The number of benzene rings is 1. The summed E-state index contributed by atoms with van der Waals surface area (Å²) in [6.45, 7) is 2.70. The maximum Gasteiger partial charge on any atom is 0.301 e. The van der Waals surface area contributed by atoms with Crippen LogP contribution in [0.3, 0.4) is 0 Å². The Kier molecular flexibility index (Phi) is 6.10. The third kappa shape index (κ3) is 5.02. The Morgan fingerprint density at radius 2 is 1.97 bits per heavy atom. The van der Waals surface area contributed by atoms with Gasteiger partial charge in [-0.25, -0.2) is 23.7 Å². The van der Waals surface area contributed by atoms with Crippen molar-refractivity contribution in [2.24, 2.45) is 5.92 Å². The molecule has 1 saturated carbocycles. The predicted molar refractivity (Wildman–Crippen MR) is 125 cm³/mol. The number of hydrogen-bond acceptors (Lipinski definition) is 7. The van der Waals surface area contributed by atoms with E-state index < -0.39 is 24.5 Å². The largest absolute Gasteiger partial charge is 0.484 e. The van der Waals surface area contributed by atoms with E-state index in [0.29, 0.717) is 28.6 Å². The van der Waals surface area contributed by atoms with Crippen molar-refractivity contribution in [2.75, 3.05) is 18.4 Å². The van der Waals surface area contributed by atoms with Gasteiger partial charge in [-0.2, -0.15) is 5.10 Å². The second-order valence-electron chi connectivity index (χ2n) is 9.15. The van der Waals surface area contributed by atoms with Gasteiger partial charge < -0.3 is 15.0 Å². The highest BCUT2D eigenvalue weighted by atomic mass is 19.3. The molecule has 2 fully saturated rings. The molecule has 1 saturated heterocycles. The average Bonchev–Trinajstić information content (AvgIpc) is 3.61. The van der Waals surface area contributed by atoms with Gasteiger partial charge >= 0.3 is 5.92 Å². The fraction of sp³-hybridized carbons (Fsp3) is 0.417. The fourth-order valence-electron chi connectivity index (χ4n) is 4.08. The molecule has 1 aliphatic heterocycles. The van der Waals surface area contributed by atoms with E-state index in [9.17, 15) is 18.4 Å². The zero-order chi connectivity index (χ0) is 25.4. The molecule has 36 heavy (non-hydrogen) atoms. The number of carbonyl (C=O) groups is 2. The minimum absolute atomic E-state index is 0.0387. The highest BCUT2D eigenvalue weighted by Gasteiger charge is 2.48. The maximum atomic E-state index is 15.0. The fourth-order valence-corrected chi connectivity index (χ4v) is 4.08. The number of piperidine rings is 1. The Hall–Kier alpha value is -3.96. The van der Waals surface area contributed by atoms with E-state index in [1.54, 1.807) is 38.1 Å². The lowest BCUT2D eigenvalue weighted by atomic mass is 10.0. The van der Waals surface area contributed by atoms with Crippen molar-refractivity contribution < 1.29 is 23.1 Å². The molecule has 0 radical (unpaired) electrons. The molecule has 12 heteroatoms. The Balaban J connectivity index is 1.26. The monoisotopic (exact) mass is 497 g/mol. The third-order valence-corrected chi connectivity index (χ3v) is 6.23. The van der Waals surface area contributed by atoms with E-state index >= 15 is 0 Å². The summed E-state index contributed by atoms with van der Waals surface area (Å²) < 4.78 is 35.6. The lowest BCUT2D eigenvalue weighted by molar-refractivity contribution is -0.132. The lowest BCUT2D eigenvalue weighted by Crippen LogP contribution is -2.55. The molecule has 2 amide bonds. The Bertz CT molecular complexity index is 1310. The number of nitrogens with one attached hydrogen (secondary N) is 2. The maximum absolute atomic E-state index is 15.0. The number of ether oxygens (including phenoxy) is 1. The van der Waals surface area contributed by atoms with E-state index in [4.69, 9.17) is 4.74 Å². The summed E-state index contributed by atoms with van der Waals surface area (Å²) in [6, 6.07) is 6.81. The van der Waals surface area contributed by atoms with E-state index in [1.807, 2.05) is 0 Å². The Labute approximate surface area is 205 Å². The van der Waals surface area contributed by atoms with Crippen molar-refractivity contribution in [2.45, 2.75) is 45.1 Å². The van der Waals surface area contributed by atoms with Gasteiger partial charge in [-0.3, -0.25) is 14.7 Å². The molecule has 2 aliphatic rings. The average molecular weight is 498 g/mol. The first-order valence-corrected chi connectivity index (χ1v) is 11.7. The van der Waals surface area contributed by atoms with Crippen LogP contribution in [0.4, 0.5) is 14.6 Å². The molecular weight excluding hydrogens is 472 g/mol. The van der Waals surface area contributed by atoms with E-state index in [-0.39, 0.29) is 30.6 Å². The number of carbonyl (C=O) groups excluding carboxylic acids is 2. The van der Waals surface area contributed by atoms with Crippen molar-refractivity contribution >= 4 is 17.6 Å². The summed E-state index contributed by atoms with van der Waals surface area (Å²) in [6.07, 6.45) is 1.72. The summed E-state index contributed by atoms with van der Waals surface area (Å²) in [5.41, 5.74) is 1.98. The number of likely N-dealkylation sites (tertiary alicyclic amines) is 1. The summed E-state index contributed by atoms with van der Waals surface area (Å²) in [4.78, 5) is 37.9. The molecule has 0 bridgehead atoms. The summed E-state index contributed by atoms with van der Waals surface area (Å²) >= 11 is 0. The molecule has 1 atom stereocenters. The first-order valence-electron chi connectivity index (χ1n) is 11.7. The molecule has 1 aliphatic carbocycles. The van der Waals surface area contributed by atoms with Gasteiger partial charge in [-0.05, 0) is 50.5 Å². The van der Waals surface area contributed by atoms with Gasteiger partial charge in [0.15, 0.2) is 6.10 Å². The smallest absolute Gasteiger partial charge is 0.301 e. The van der Waals surface area contributed by atoms with Crippen LogP contribution in [0.1, 0.15) is 41.3 Å². The number of hydrogen-bond donors (Lipinski definition) is 2. The van der Waals surface area contributed by atoms with E-state index in [2.05, 4.69) is 30.5 Å². The van der Waals surface area contributed by atoms with Crippen LogP contribution < -0.4 is 10.1 Å². The standard InChI is InChI=1S/C24H25F2N7O3/c1-13-9-16(17-10-20(28-12-27-17)30-22(34)15-3-4-15)5-6-18(13)36-19-7-8-33(11-24(19,25)26)23(35)21-29-14(2)31-32-21/h5-6,9-10,12,15,19H,3-4,7-8,11H2,1-2H3,(H,29,31,32)(H,27,28,30,34)/t19-/m0/s1. The van der Waals surface area contributed by atoms with Crippen LogP contribution in [0.25, 0.3) is 11.3 Å². The number of H-pyrrole nitrogens is 1. The quantitative estimate of drug-likeness (QED) is 0.536. The van der Waals surface area contributed by atoms with Gasteiger partial charge in [0.2, 0.25) is 11.7 Å². The van der Waals surface area contributed by atoms with Crippen LogP contribution in [0.2, 0.25) is 0 Å². The SMILES string of the molecule is Cc1n[nH]c(C(=O)N2CC[C@H](Oc3ccc(-c4cc(NC(=O)C5CC5)ncn4)cc3C)C(F)(F)C2)n1. The Morgan fingerprint density at radius 1 is 1.17 bits per heavy atom. The van der Waals surface area contributed by atoms with Crippen molar-refractivity contribution in [3.63, 3.8) is 0 Å². The van der Waals surface area contributed by atoms with Gasteiger partial charge in [0.25, 0.3) is 5.91 Å². The van der Waals surface area contributed by atoms with Crippen molar-refractivity contribution in [3.8, 4) is 17.0 Å². The molecule has 3 aromatic rings. The number of anilines is 1. The highest BCUT2D eigenvalue weighted by Crippen LogP contribution is 2.34. The molecular formula is C24H25F2N7O3. The number of aromatic amines is 1. The van der Waals surface area contributed by atoms with Crippen LogP contribution in [0.15, 0.2) is 30.6 Å². The van der Waals surface area contributed by atoms with Crippen LogP contribution in [-0.2, 0) is 4.79 Å². The predicted octanol–water partition coefficient (Wildman–Crippen LogP) is 3.16. The van der Waals surface area contributed by atoms with Gasteiger partial charge in [0.05, 0.1) is 12.2 Å². The second kappa shape index (κ2) is 9.25. The number of nitrogens with zero attached hydrogens (tertiary/aromatic N) is 5. The second-order valence-corrected chi connectivity index (χ2v) is 9.15. The zero-order valence-electron chi connectivity index (χ0n) is 19.8. The molecule has 188 valence electrons. The van der Waals surface area contributed by atoms with Crippen molar-refractivity contribution in [1.82, 2.24) is 30.0 Å². The van der Waals surface area contributed by atoms with Gasteiger partial charge in [-0.1, -0.05) is 0 Å². The van der Waals surface area contributed by atoms with Crippen molar-refractivity contribution in [1.29, 1.82) is 0 Å². The number of amides is 2. The van der Waals surface area contributed by atoms with E-state index in [0.717, 1.165) is 23.3 Å². The first-order chi connectivity index (χ1) is 17.2. The number of halogens is 2. The number of aromatic nitrogens is 5. The molecule has 5 rings (SSSR count). The number of alkyl halides is 2.